The molecule has 1 unspecified atom stereocenters. The SMILES string of the molecule is CCCNC(C)c1cccc(F)c1N1CCN(C)CC1. The number of nitrogens with zero attached hydrogens (tertiary/aromatic N) is 2. The molecular weight excluding hydrogens is 253 g/mol. The molecule has 0 spiro atoms. The summed E-state index contributed by atoms with van der Waals surface area (Å²) in [7, 11) is 2.12. The highest BCUT2D eigenvalue weighted by Crippen LogP contribution is 2.30. The van der Waals surface area contributed by atoms with Crippen molar-refractivity contribution in [2.75, 3.05) is 44.7 Å². The fourth-order valence-corrected chi connectivity index (χ4v) is 2.72. The van der Waals surface area contributed by atoms with Crippen LogP contribution in [0.3, 0.4) is 0 Å². The van der Waals surface area contributed by atoms with Crippen molar-refractivity contribution in [1.82, 2.24) is 10.2 Å². The predicted molar refractivity (Wildman–Crippen MR) is 82.8 cm³/mol. The average molecular weight is 279 g/mol. The van der Waals surface area contributed by atoms with Gasteiger partial charge in [0, 0.05) is 32.2 Å². The largest absolute Gasteiger partial charge is 0.366 e. The first-order valence-electron chi connectivity index (χ1n) is 7.58. The van der Waals surface area contributed by atoms with Gasteiger partial charge in [0.25, 0.3) is 0 Å². The van der Waals surface area contributed by atoms with Gasteiger partial charge in [-0.1, -0.05) is 19.1 Å². The molecule has 0 aliphatic carbocycles. The monoisotopic (exact) mass is 279 g/mol. The normalized spacial score (nSPS) is 18.3. The zero-order valence-electron chi connectivity index (χ0n) is 12.8. The second-order valence-corrected chi connectivity index (χ2v) is 5.64. The van der Waals surface area contributed by atoms with E-state index in [0.29, 0.717) is 0 Å². The van der Waals surface area contributed by atoms with Gasteiger partial charge in [-0.25, -0.2) is 4.39 Å². The van der Waals surface area contributed by atoms with E-state index < -0.39 is 0 Å². The highest BCUT2D eigenvalue weighted by Gasteiger charge is 2.22. The zero-order valence-corrected chi connectivity index (χ0v) is 12.8. The summed E-state index contributed by atoms with van der Waals surface area (Å²) in [5.74, 6) is -0.0998. The summed E-state index contributed by atoms with van der Waals surface area (Å²) in [6.45, 7) is 8.99. The molecule has 1 atom stereocenters. The molecule has 1 fully saturated rings. The summed E-state index contributed by atoms with van der Waals surface area (Å²) in [6, 6.07) is 5.61. The van der Waals surface area contributed by atoms with Crippen molar-refractivity contribution in [3.8, 4) is 0 Å². The standard InChI is InChI=1S/C16H26FN3/c1-4-8-18-13(2)14-6-5-7-15(17)16(14)20-11-9-19(3)10-12-20/h5-7,13,18H,4,8-12H2,1-3H3. The Morgan fingerprint density at radius 3 is 2.60 bits per heavy atom. The Bertz CT molecular complexity index is 428. The third kappa shape index (κ3) is 3.49. The molecule has 1 heterocycles. The molecule has 1 aliphatic rings. The maximum Gasteiger partial charge on any atom is 0.146 e. The molecule has 1 aromatic rings. The van der Waals surface area contributed by atoms with Gasteiger partial charge in [-0.2, -0.15) is 0 Å². The molecule has 2 rings (SSSR count). The number of nitrogens with one attached hydrogen (secondary N) is 1. The van der Waals surface area contributed by atoms with Gasteiger partial charge in [-0.3, -0.25) is 0 Å². The second kappa shape index (κ2) is 7.04. The van der Waals surface area contributed by atoms with Crippen molar-refractivity contribution in [1.29, 1.82) is 0 Å². The number of hydrogen-bond acceptors (Lipinski definition) is 3. The number of likely N-dealkylation sites (N-methyl/N-ethyl adjacent to an activating group) is 1. The van der Waals surface area contributed by atoms with Crippen LogP contribution in [0.1, 0.15) is 31.9 Å². The van der Waals surface area contributed by atoms with E-state index in [-0.39, 0.29) is 11.9 Å². The molecule has 4 heteroatoms. The van der Waals surface area contributed by atoms with Gasteiger partial charge in [0.2, 0.25) is 0 Å². The lowest BCUT2D eigenvalue weighted by Crippen LogP contribution is -2.45. The molecule has 1 N–H and O–H groups in total. The van der Waals surface area contributed by atoms with E-state index >= 15 is 0 Å². The average Bonchev–Trinajstić information content (AvgIpc) is 2.45. The predicted octanol–water partition coefficient (Wildman–Crippen LogP) is 2.64. The Morgan fingerprint density at radius 1 is 1.25 bits per heavy atom. The minimum atomic E-state index is -0.0998. The molecular formula is C16H26FN3. The summed E-state index contributed by atoms with van der Waals surface area (Å²) in [5, 5.41) is 3.46. The van der Waals surface area contributed by atoms with Crippen LogP contribution in [0.2, 0.25) is 0 Å². The summed E-state index contributed by atoms with van der Waals surface area (Å²) >= 11 is 0. The molecule has 0 bridgehead atoms. The number of para-hydroxylation sites is 1. The maximum absolute atomic E-state index is 14.3. The quantitative estimate of drug-likeness (QED) is 0.894. The first-order chi connectivity index (χ1) is 9.63. The van der Waals surface area contributed by atoms with Crippen LogP contribution in [-0.2, 0) is 0 Å². The minimum absolute atomic E-state index is 0.0998. The molecule has 0 saturated carbocycles. The van der Waals surface area contributed by atoms with E-state index in [1.54, 1.807) is 6.07 Å². The van der Waals surface area contributed by atoms with E-state index in [1.165, 1.54) is 0 Å². The molecule has 1 saturated heterocycles. The van der Waals surface area contributed by atoms with Crippen molar-refractivity contribution in [2.45, 2.75) is 26.3 Å². The summed E-state index contributed by atoms with van der Waals surface area (Å²) < 4.78 is 14.3. The highest BCUT2D eigenvalue weighted by molar-refractivity contribution is 5.56. The number of hydrogen-bond donors (Lipinski definition) is 1. The highest BCUT2D eigenvalue weighted by atomic mass is 19.1. The zero-order chi connectivity index (χ0) is 14.5. The third-order valence-corrected chi connectivity index (χ3v) is 4.00. The van der Waals surface area contributed by atoms with Crippen LogP contribution in [0.25, 0.3) is 0 Å². The number of piperazine rings is 1. The van der Waals surface area contributed by atoms with Gasteiger partial charge in [-0.15, -0.1) is 0 Å². The Morgan fingerprint density at radius 2 is 1.95 bits per heavy atom. The lowest BCUT2D eigenvalue weighted by molar-refractivity contribution is 0.311. The van der Waals surface area contributed by atoms with Gasteiger partial charge < -0.3 is 15.1 Å². The Balaban J connectivity index is 2.22. The van der Waals surface area contributed by atoms with Crippen LogP contribution >= 0.6 is 0 Å². The number of rotatable bonds is 5. The smallest absolute Gasteiger partial charge is 0.146 e. The minimum Gasteiger partial charge on any atom is -0.366 e. The van der Waals surface area contributed by atoms with Crippen LogP contribution < -0.4 is 10.2 Å². The molecule has 1 aromatic carbocycles. The van der Waals surface area contributed by atoms with Gasteiger partial charge in [0.1, 0.15) is 5.82 Å². The molecule has 0 radical (unpaired) electrons. The van der Waals surface area contributed by atoms with Gasteiger partial charge in [0.15, 0.2) is 0 Å². The van der Waals surface area contributed by atoms with E-state index in [2.05, 4.69) is 36.0 Å². The van der Waals surface area contributed by atoms with Crippen molar-refractivity contribution >= 4 is 5.69 Å². The van der Waals surface area contributed by atoms with Gasteiger partial charge in [0.05, 0.1) is 5.69 Å². The maximum atomic E-state index is 14.3. The fraction of sp³-hybridized carbons (Fsp3) is 0.625. The number of anilines is 1. The summed E-state index contributed by atoms with van der Waals surface area (Å²) in [5.41, 5.74) is 1.86. The van der Waals surface area contributed by atoms with Crippen LogP contribution in [0.15, 0.2) is 18.2 Å². The van der Waals surface area contributed by atoms with Crippen molar-refractivity contribution < 1.29 is 4.39 Å². The fourth-order valence-electron chi connectivity index (χ4n) is 2.72. The van der Waals surface area contributed by atoms with E-state index in [1.807, 2.05) is 12.1 Å². The van der Waals surface area contributed by atoms with Crippen molar-refractivity contribution in [3.63, 3.8) is 0 Å². The Hall–Kier alpha value is -1.13. The molecule has 3 nitrogen and oxygen atoms in total. The topological polar surface area (TPSA) is 18.5 Å². The van der Waals surface area contributed by atoms with Crippen molar-refractivity contribution in [3.05, 3.63) is 29.6 Å². The number of benzene rings is 1. The molecule has 112 valence electrons. The second-order valence-electron chi connectivity index (χ2n) is 5.64. The van der Waals surface area contributed by atoms with Crippen LogP contribution in [-0.4, -0.2) is 44.7 Å². The van der Waals surface area contributed by atoms with Crippen LogP contribution in [0.5, 0.6) is 0 Å². The Labute approximate surface area is 121 Å². The van der Waals surface area contributed by atoms with Crippen LogP contribution in [0, 0.1) is 5.82 Å². The first kappa shape index (κ1) is 15.3. The summed E-state index contributed by atoms with van der Waals surface area (Å²) in [6.07, 6.45) is 1.09. The first-order valence-corrected chi connectivity index (χ1v) is 7.58. The van der Waals surface area contributed by atoms with E-state index in [4.69, 9.17) is 0 Å². The number of halogens is 1. The molecule has 0 aromatic heterocycles. The summed E-state index contributed by atoms with van der Waals surface area (Å²) in [4.78, 5) is 4.48. The molecule has 1 aliphatic heterocycles. The Kier molecular flexibility index (Phi) is 5.38. The van der Waals surface area contributed by atoms with E-state index in [9.17, 15) is 4.39 Å². The van der Waals surface area contributed by atoms with Gasteiger partial charge in [-0.05, 0) is 38.6 Å². The third-order valence-electron chi connectivity index (χ3n) is 4.00. The molecule has 0 amide bonds. The lowest BCUT2D eigenvalue weighted by Gasteiger charge is -2.36. The van der Waals surface area contributed by atoms with Crippen LogP contribution in [0.4, 0.5) is 10.1 Å². The van der Waals surface area contributed by atoms with E-state index in [0.717, 1.165) is 50.4 Å². The van der Waals surface area contributed by atoms with Gasteiger partial charge >= 0.3 is 0 Å². The lowest BCUT2D eigenvalue weighted by atomic mass is 10.0. The molecule has 20 heavy (non-hydrogen) atoms. The van der Waals surface area contributed by atoms with Crippen molar-refractivity contribution in [2.24, 2.45) is 0 Å².